The number of aromatic nitrogens is 2. The molecule has 1 heterocycles. The molecule has 1 aromatic carbocycles. The average molecular weight is 317 g/mol. The maximum Gasteiger partial charge on any atom is 0.271 e. The summed E-state index contributed by atoms with van der Waals surface area (Å²) in [6, 6.07) is 9.10. The van der Waals surface area contributed by atoms with Gasteiger partial charge in [0.2, 0.25) is 0 Å². The number of benzene rings is 1. The van der Waals surface area contributed by atoms with Crippen molar-refractivity contribution in [3.63, 3.8) is 0 Å². The van der Waals surface area contributed by atoms with Crippen molar-refractivity contribution in [1.29, 1.82) is 0 Å². The number of carbonyl (C=O) groups excluding carboxylic acids is 1. The zero-order valence-electron chi connectivity index (χ0n) is 13.8. The second kappa shape index (κ2) is 8.22. The molecule has 124 valence electrons. The third-order valence-electron chi connectivity index (χ3n) is 3.62. The lowest BCUT2D eigenvalue weighted by Crippen LogP contribution is -2.28. The first kappa shape index (κ1) is 16.9. The molecule has 2 aromatic rings. The third-order valence-corrected chi connectivity index (χ3v) is 3.62. The molecule has 1 amide bonds. The average Bonchev–Trinajstić information content (AvgIpc) is 3.06. The maximum atomic E-state index is 12.0. The van der Waals surface area contributed by atoms with E-state index in [0.717, 1.165) is 12.1 Å². The maximum absolute atomic E-state index is 12.0. The minimum Gasteiger partial charge on any atom is -0.493 e. The van der Waals surface area contributed by atoms with Gasteiger partial charge in [-0.05, 0) is 24.1 Å². The van der Waals surface area contributed by atoms with Gasteiger partial charge >= 0.3 is 0 Å². The molecular formula is C17H23N3O3. The summed E-state index contributed by atoms with van der Waals surface area (Å²) in [7, 11) is 1.60. The van der Waals surface area contributed by atoms with Gasteiger partial charge < -0.3 is 14.8 Å². The Kier molecular flexibility index (Phi) is 6.02. The monoisotopic (exact) mass is 317 g/mol. The quantitative estimate of drug-likeness (QED) is 0.785. The van der Waals surface area contributed by atoms with Crippen LogP contribution in [0.4, 0.5) is 0 Å². The number of H-pyrrole nitrogens is 1. The molecule has 0 fully saturated rings. The summed E-state index contributed by atoms with van der Waals surface area (Å²) >= 11 is 0. The van der Waals surface area contributed by atoms with E-state index in [-0.39, 0.29) is 12.5 Å². The highest BCUT2D eigenvalue weighted by molar-refractivity contribution is 5.92. The normalized spacial score (nSPS) is 11.8. The lowest BCUT2D eigenvalue weighted by atomic mass is 10.1. The Morgan fingerprint density at radius 3 is 2.78 bits per heavy atom. The van der Waals surface area contributed by atoms with Crippen molar-refractivity contribution in [2.24, 2.45) is 5.92 Å². The fourth-order valence-electron chi connectivity index (χ4n) is 1.95. The molecule has 1 aromatic heterocycles. The van der Waals surface area contributed by atoms with Gasteiger partial charge in [0, 0.05) is 6.54 Å². The van der Waals surface area contributed by atoms with Gasteiger partial charge in [0.05, 0.1) is 12.8 Å². The Balaban J connectivity index is 1.90. The highest BCUT2D eigenvalue weighted by atomic mass is 16.5. The number of para-hydroxylation sites is 2. The SMILES string of the molecule is CCC(C)CNC(=O)c1cc(COc2ccccc2OC)[nH]n1. The van der Waals surface area contributed by atoms with Crippen molar-refractivity contribution in [3.8, 4) is 11.5 Å². The number of nitrogens with zero attached hydrogens (tertiary/aromatic N) is 1. The minimum atomic E-state index is -0.176. The minimum absolute atomic E-state index is 0.176. The summed E-state index contributed by atoms with van der Waals surface area (Å²) in [5.41, 5.74) is 1.09. The number of hydrogen-bond donors (Lipinski definition) is 2. The lowest BCUT2D eigenvalue weighted by molar-refractivity contribution is 0.0943. The first-order valence-corrected chi connectivity index (χ1v) is 7.72. The molecule has 0 saturated heterocycles. The van der Waals surface area contributed by atoms with Crippen LogP contribution in [0.25, 0.3) is 0 Å². The van der Waals surface area contributed by atoms with Gasteiger partial charge in [-0.3, -0.25) is 9.89 Å². The molecule has 0 aliphatic carbocycles. The molecule has 0 radical (unpaired) electrons. The van der Waals surface area contributed by atoms with Crippen molar-refractivity contribution in [1.82, 2.24) is 15.5 Å². The van der Waals surface area contributed by atoms with E-state index >= 15 is 0 Å². The first-order valence-electron chi connectivity index (χ1n) is 7.72. The predicted molar refractivity (Wildman–Crippen MR) is 87.7 cm³/mol. The molecule has 2 rings (SSSR count). The van der Waals surface area contributed by atoms with Gasteiger partial charge in [-0.25, -0.2) is 0 Å². The van der Waals surface area contributed by atoms with Crippen molar-refractivity contribution in [2.75, 3.05) is 13.7 Å². The number of hydrogen-bond acceptors (Lipinski definition) is 4. The zero-order valence-corrected chi connectivity index (χ0v) is 13.8. The molecule has 1 unspecified atom stereocenters. The fraction of sp³-hybridized carbons (Fsp3) is 0.412. The van der Waals surface area contributed by atoms with E-state index in [2.05, 4.69) is 29.4 Å². The lowest BCUT2D eigenvalue weighted by Gasteiger charge is -2.09. The summed E-state index contributed by atoms with van der Waals surface area (Å²) in [6.07, 6.45) is 1.03. The number of amides is 1. The van der Waals surface area contributed by atoms with Crippen LogP contribution >= 0.6 is 0 Å². The molecule has 23 heavy (non-hydrogen) atoms. The number of methoxy groups -OCH3 is 1. The zero-order chi connectivity index (χ0) is 16.7. The van der Waals surface area contributed by atoms with Crippen LogP contribution in [0, 0.1) is 5.92 Å². The van der Waals surface area contributed by atoms with E-state index in [1.807, 2.05) is 24.3 Å². The summed E-state index contributed by atoms with van der Waals surface area (Å²) < 4.78 is 10.9. The number of ether oxygens (including phenoxy) is 2. The molecule has 0 aliphatic rings. The van der Waals surface area contributed by atoms with Gasteiger partial charge in [0.15, 0.2) is 11.5 Å². The van der Waals surface area contributed by atoms with Crippen LogP contribution in [0.1, 0.15) is 36.5 Å². The van der Waals surface area contributed by atoms with Crippen LogP contribution < -0.4 is 14.8 Å². The Morgan fingerprint density at radius 2 is 2.09 bits per heavy atom. The molecule has 0 bridgehead atoms. The van der Waals surface area contributed by atoms with Crippen molar-refractivity contribution in [3.05, 3.63) is 41.7 Å². The van der Waals surface area contributed by atoms with E-state index in [1.165, 1.54) is 0 Å². The summed E-state index contributed by atoms with van der Waals surface area (Å²) in [5.74, 6) is 1.59. The number of nitrogens with one attached hydrogen (secondary N) is 2. The highest BCUT2D eigenvalue weighted by Gasteiger charge is 2.12. The third kappa shape index (κ3) is 4.74. The van der Waals surface area contributed by atoms with E-state index in [0.29, 0.717) is 29.7 Å². The molecule has 0 aliphatic heterocycles. The Morgan fingerprint density at radius 1 is 1.35 bits per heavy atom. The van der Waals surface area contributed by atoms with Crippen molar-refractivity contribution >= 4 is 5.91 Å². The van der Waals surface area contributed by atoms with Crippen LogP contribution in [0.2, 0.25) is 0 Å². The molecule has 0 spiro atoms. The number of aromatic amines is 1. The van der Waals surface area contributed by atoms with Crippen LogP contribution in [0.15, 0.2) is 30.3 Å². The Hall–Kier alpha value is -2.50. The Bertz CT molecular complexity index is 640. The summed E-state index contributed by atoms with van der Waals surface area (Å²) in [4.78, 5) is 12.0. The van der Waals surface area contributed by atoms with Gasteiger partial charge in [0.1, 0.15) is 12.3 Å². The van der Waals surface area contributed by atoms with Crippen LogP contribution in [0.5, 0.6) is 11.5 Å². The van der Waals surface area contributed by atoms with Crippen molar-refractivity contribution < 1.29 is 14.3 Å². The largest absolute Gasteiger partial charge is 0.493 e. The number of carbonyl (C=O) groups is 1. The molecule has 6 heteroatoms. The van der Waals surface area contributed by atoms with Crippen LogP contribution in [0.3, 0.4) is 0 Å². The van der Waals surface area contributed by atoms with Gasteiger partial charge in [-0.1, -0.05) is 32.4 Å². The Labute approximate surface area is 136 Å². The predicted octanol–water partition coefficient (Wildman–Crippen LogP) is 2.77. The van der Waals surface area contributed by atoms with Crippen LogP contribution in [-0.4, -0.2) is 29.8 Å². The molecule has 1 atom stereocenters. The standard InChI is InChI=1S/C17H23N3O3/c1-4-12(2)10-18-17(21)14-9-13(19-20-14)11-23-16-8-6-5-7-15(16)22-3/h5-9,12H,4,10-11H2,1-3H3,(H,18,21)(H,19,20). The van der Waals surface area contributed by atoms with E-state index in [4.69, 9.17) is 9.47 Å². The van der Waals surface area contributed by atoms with Gasteiger partial charge in [0.25, 0.3) is 5.91 Å². The topological polar surface area (TPSA) is 76.2 Å². The first-order chi connectivity index (χ1) is 11.1. The smallest absolute Gasteiger partial charge is 0.271 e. The van der Waals surface area contributed by atoms with Gasteiger partial charge in [-0.15, -0.1) is 0 Å². The summed E-state index contributed by atoms with van der Waals surface area (Å²) in [6.45, 7) is 5.12. The molecular weight excluding hydrogens is 294 g/mol. The molecule has 2 N–H and O–H groups in total. The van der Waals surface area contributed by atoms with Crippen LogP contribution in [-0.2, 0) is 6.61 Å². The van der Waals surface area contributed by atoms with E-state index < -0.39 is 0 Å². The molecule has 0 saturated carbocycles. The van der Waals surface area contributed by atoms with E-state index in [9.17, 15) is 4.79 Å². The van der Waals surface area contributed by atoms with Crippen molar-refractivity contribution in [2.45, 2.75) is 26.9 Å². The number of rotatable bonds is 8. The van der Waals surface area contributed by atoms with Gasteiger partial charge in [-0.2, -0.15) is 5.10 Å². The fourth-order valence-corrected chi connectivity index (χ4v) is 1.95. The second-order valence-electron chi connectivity index (χ2n) is 5.44. The van der Waals surface area contributed by atoms with E-state index in [1.54, 1.807) is 13.2 Å². The highest BCUT2D eigenvalue weighted by Crippen LogP contribution is 2.26. The summed E-state index contributed by atoms with van der Waals surface area (Å²) in [5, 5.41) is 9.72. The second-order valence-corrected chi connectivity index (χ2v) is 5.44. The molecule has 6 nitrogen and oxygen atoms in total.